The summed E-state index contributed by atoms with van der Waals surface area (Å²) in [7, 11) is 1.59. The SMILES string of the molecule is CCCCCOc1ccc(C2/C(=C(\O)c3ccc(OC(C)C)cc3)C(=O)C(=O)N2CCCOC)cc1. The van der Waals surface area contributed by atoms with Crippen molar-refractivity contribution in [3.05, 3.63) is 65.2 Å². The van der Waals surface area contributed by atoms with Crippen molar-refractivity contribution in [2.45, 2.75) is 58.6 Å². The number of nitrogens with zero attached hydrogens (tertiary/aromatic N) is 1. The molecule has 0 aromatic heterocycles. The molecule has 0 radical (unpaired) electrons. The van der Waals surface area contributed by atoms with E-state index in [9.17, 15) is 14.7 Å². The van der Waals surface area contributed by atoms with Gasteiger partial charge in [-0.2, -0.15) is 0 Å². The second-order valence-electron chi connectivity index (χ2n) is 9.15. The third kappa shape index (κ3) is 6.66. The standard InChI is InChI=1S/C29H37NO6/c1-5-6-7-19-35-23-13-9-21(10-14-23)26-25(28(32)29(33)30(26)17-8-18-34-4)27(31)22-11-15-24(16-12-22)36-20(2)3/h9-16,20,26,31H,5-8,17-19H2,1-4H3/b27-25+. The summed E-state index contributed by atoms with van der Waals surface area (Å²) in [5.74, 6) is -0.141. The summed E-state index contributed by atoms with van der Waals surface area (Å²) >= 11 is 0. The molecule has 2 aromatic carbocycles. The van der Waals surface area contributed by atoms with E-state index < -0.39 is 17.7 Å². The minimum absolute atomic E-state index is 0.0143. The first-order valence-electron chi connectivity index (χ1n) is 12.6. The number of hydrogen-bond donors (Lipinski definition) is 1. The van der Waals surface area contributed by atoms with Crippen LogP contribution in [0.2, 0.25) is 0 Å². The Kier molecular flexibility index (Phi) is 9.94. The third-order valence-electron chi connectivity index (χ3n) is 6.00. The highest BCUT2D eigenvalue weighted by Crippen LogP contribution is 2.40. The molecule has 1 amide bonds. The molecule has 1 saturated heterocycles. The molecule has 0 spiro atoms. The van der Waals surface area contributed by atoms with Crippen LogP contribution in [-0.4, -0.2) is 54.7 Å². The average Bonchev–Trinajstić information content (AvgIpc) is 3.12. The third-order valence-corrected chi connectivity index (χ3v) is 6.00. The molecule has 7 nitrogen and oxygen atoms in total. The van der Waals surface area contributed by atoms with Gasteiger partial charge >= 0.3 is 0 Å². The first-order valence-corrected chi connectivity index (χ1v) is 12.6. The maximum absolute atomic E-state index is 13.1. The van der Waals surface area contributed by atoms with Crippen LogP contribution in [0.3, 0.4) is 0 Å². The molecule has 1 atom stereocenters. The molecule has 2 aromatic rings. The number of carbonyl (C=O) groups excluding carboxylic acids is 2. The molecule has 1 unspecified atom stereocenters. The van der Waals surface area contributed by atoms with Gasteiger partial charge in [-0.1, -0.05) is 31.9 Å². The van der Waals surface area contributed by atoms with E-state index in [1.807, 2.05) is 38.1 Å². The van der Waals surface area contributed by atoms with Crippen molar-refractivity contribution in [2.24, 2.45) is 0 Å². The summed E-state index contributed by atoms with van der Waals surface area (Å²) in [6.45, 7) is 7.43. The number of ether oxygens (including phenoxy) is 3. The maximum Gasteiger partial charge on any atom is 0.295 e. The zero-order valence-electron chi connectivity index (χ0n) is 21.7. The van der Waals surface area contributed by atoms with Crippen LogP contribution in [0.4, 0.5) is 0 Å². The minimum Gasteiger partial charge on any atom is -0.507 e. The summed E-state index contributed by atoms with van der Waals surface area (Å²) in [6, 6.07) is 13.5. The fourth-order valence-corrected chi connectivity index (χ4v) is 4.24. The van der Waals surface area contributed by atoms with Crippen molar-refractivity contribution in [1.29, 1.82) is 0 Å². The van der Waals surface area contributed by atoms with Gasteiger partial charge in [0.05, 0.1) is 24.3 Å². The van der Waals surface area contributed by atoms with E-state index in [4.69, 9.17) is 14.2 Å². The minimum atomic E-state index is -0.706. The summed E-state index contributed by atoms with van der Waals surface area (Å²) in [5.41, 5.74) is 1.25. The first kappa shape index (κ1) is 27.3. The van der Waals surface area contributed by atoms with Crippen LogP contribution in [-0.2, 0) is 14.3 Å². The topological polar surface area (TPSA) is 85.3 Å². The van der Waals surface area contributed by atoms with Crippen LogP contribution in [0, 0.1) is 0 Å². The fourth-order valence-electron chi connectivity index (χ4n) is 4.24. The van der Waals surface area contributed by atoms with E-state index in [2.05, 4.69) is 6.92 Å². The highest BCUT2D eigenvalue weighted by Gasteiger charge is 2.45. The quantitative estimate of drug-likeness (QED) is 0.171. The highest BCUT2D eigenvalue weighted by atomic mass is 16.5. The van der Waals surface area contributed by atoms with E-state index in [0.29, 0.717) is 37.5 Å². The van der Waals surface area contributed by atoms with Crippen molar-refractivity contribution in [1.82, 2.24) is 4.90 Å². The van der Waals surface area contributed by atoms with E-state index in [0.717, 1.165) is 30.6 Å². The molecule has 1 heterocycles. The van der Waals surface area contributed by atoms with Gasteiger partial charge in [-0.05, 0) is 68.7 Å². The molecule has 0 aliphatic carbocycles. The molecule has 194 valence electrons. The Balaban J connectivity index is 1.95. The lowest BCUT2D eigenvalue weighted by Gasteiger charge is -2.25. The Morgan fingerprint density at radius 3 is 2.22 bits per heavy atom. The van der Waals surface area contributed by atoms with Crippen LogP contribution in [0.1, 0.15) is 63.6 Å². The fraction of sp³-hybridized carbons (Fsp3) is 0.448. The molecule has 0 saturated carbocycles. The lowest BCUT2D eigenvalue weighted by molar-refractivity contribution is -0.140. The second kappa shape index (κ2) is 13.1. The maximum atomic E-state index is 13.1. The molecular weight excluding hydrogens is 458 g/mol. The Labute approximate surface area is 213 Å². The number of amides is 1. The molecule has 3 rings (SSSR count). The number of ketones is 1. The van der Waals surface area contributed by atoms with Crippen LogP contribution in [0.25, 0.3) is 5.76 Å². The van der Waals surface area contributed by atoms with Gasteiger partial charge in [0.1, 0.15) is 17.3 Å². The number of rotatable bonds is 13. The normalized spacial score (nSPS) is 17.1. The number of methoxy groups -OCH3 is 1. The Hall–Kier alpha value is -3.32. The predicted octanol–water partition coefficient (Wildman–Crippen LogP) is 5.50. The largest absolute Gasteiger partial charge is 0.507 e. The Morgan fingerprint density at radius 1 is 0.944 bits per heavy atom. The van der Waals surface area contributed by atoms with Crippen molar-refractivity contribution in [3.8, 4) is 11.5 Å². The Bertz CT molecular complexity index is 1040. The van der Waals surface area contributed by atoms with Gasteiger partial charge in [0.15, 0.2) is 0 Å². The molecule has 36 heavy (non-hydrogen) atoms. The number of likely N-dealkylation sites (tertiary alicyclic amines) is 1. The number of aliphatic hydroxyl groups is 1. The van der Waals surface area contributed by atoms with Crippen LogP contribution in [0.5, 0.6) is 11.5 Å². The summed E-state index contributed by atoms with van der Waals surface area (Å²) in [5, 5.41) is 11.2. The van der Waals surface area contributed by atoms with Crippen molar-refractivity contribution in [2.75, 3.05) is 26.9 Å². The van der Waals surface area contributed by atoms with E-state index in [1.54, 1.807) is 31.4 Å². The van der Waals surface area contributed by atoms with Gasteiger partial charge in [0.25, 0.3) is 11.7 Å². The van der Waals surface area contributed by atoms with Gasteiger partial charge in [-0.25, -0.2) is 0 Å². The van der Waals surface area contributed by atoms with Crippen molar-refractivity contribution >= 4 is 17.4 Å². The number of carbonyl (C=O) groups is 2. The van der Waals surface area contributed by atoms with Gasteiger partial charge in [0.2, 0.25) is 0 Å². The van der Waals surface area contributed by atoms with Gasteiger partial charge in [-0.3, -0.25) is 9.59 Å². The lowest BCUT2D eigenvalue weighted by Crippen LogP contribution is -2.31. The molecular formula is C29H37NO6. The zero-order valence-corrected chi connectivity index (χ0v) is 21.7. The number of hydrogen-bond acceptors (Lipinski definition) is 6. The summed E-state index contributed by atoms with van der Waals surface area (Å²) in [6.07, 6.45) is 3.80. The molecule has 1 fully saturated rings. The van der Waals surface area contributed by atoms with E-state index in [-0.39, 0.29) is 17.4 Å². The number of aliphatic hydroxyl groups excluding tert-OH is 1. The van der Waals surface area contributed by atoms with Gasteiger partial charge < -0.3 is 24.2 Å². The Morgan fingerprint density at radius 2 is 1.61 bits per heavy atom. The predicted molar refractivity (Wildman–Crippen MR) is 139 cm³/mol. The number of benzene rings is 2. The van der Waals surface area contributed by atoms with E-state index >= 15 is 0 Å². The van der Waals surface area contributed by atoms with Gasteiger partial charge in [-0.15, -0.1) is 0 Å². The highest BCUT2D eigenvalue weighted by molar-refractivity contribution is 6.46. The second-order valence-corrected chi connectivity index (χ2v) is 9.15. The van der Waals surface area contributed by atoms with Crippen LogP contribution in [0.15, 0.2) is 54.1 Å². The van der Waals surface area contributed by atoms with Crippen molar-refractivity contribution < 1.29 is 28.9 Å². The number of unbranched alkanes of at least 4 members (excludes halogenated alkanes) is 2. The molecule has 1 aliphatic heterocycles. The average molecular weight is 496 g/mol. The molecule has 1 N–H and O–H groups in total. The van der Waals surface area contributed by atoms with Gasteiger partial charge in [0, 0.05) is 25.8 Å². The number of Topliss-reactive ketones (excluding diaryl/α,β-unsaturated/α-hetero) is 1. The zero-order chi connectivity index (χ0) is 26.1. The molecule has 0 bridgehead atoms. The molecule has 7 heteroatoms. The first-order chi connectivity index (χ1) is 17.4. The lowest BCUT2D eigenvalue weighted by atomic mass is 9.95. The smallest absolute Gasteiger partial charge is 0.295 e. The summed E-state index contributed by atoms with van der Waals surface area (Å²) in [4.78, 5) is 27.7. The molecule has 1 aliphatic rings. The van der Waals surface area contributed by atoms with Crippen molar-refractivity contribution in [3.63, 3.8) is 0 Å². The summed E-state index contributed by atoms with van der Waals surface area (Å²) < 4.78 is 16.6. The van der Waals surface area contributed by atoms with E-state index in [1.165, 1.54) is 4.90 Å². The van der Waals surface area contributed by atoms with Crippen LogP contribution < -0.4 is 9.47 Å². The van der Waals surface area contributed by atoms with Crippen LogP contribution >= 0.6 is 0 Å². The monoisotopic (exact) mass is 495 g/mol.